The molecule has 0 radical (unpaired) electrons. The predicted molar refractivity (Wildman–Crippen MR) is 129 cm³/mol. The number of hydrogen-bond donors (Lipinski definition) is 0. The topological polar surface area (TPSA) is 53.1 Å². The third-order valence-corrected chi connectivity index (χ3v) is 6.83. The first-order chi connectivity index (χ1) is 16.3. The number of halogens is 1. The van der Waals surface area contributed by atoms with Crippen LogP contribution < -0.4 is 0 Å². The fourth-order valence-corrected chi connectivity index (χ4v) is 5.17. The number of piperazine rings is 1. The summed E-state index contributed by atoms with van der Waals surface area (Å²) in [5.41, 5.74) is 3.47. The Morgan fingerprint density at radius 1 is 0.853 bits per heavy atom. The Bertz CT molecular complexity index is 983. The summed E-state index contributed by atoms with van der Waals surface area (Å²) in [4.78, 5) is 31.4. The molecule has 34 heavy (non-hydrogen) atoms. The number of alkyl halides is 1. The van der Waals surface area contributed by atoms with Gasteiger partial charge in [0.25, 0.3) is 5.91 Å². The largest absolute Gasteiger partial charge is 0.465 e. The zero-order valence-electron chi connectivity index (χ0n) is 20.2. The summed E-state index contributed by atoms with van der Waals surface area (Å²) in [6, 6.07) is 15.4. The van der Waals surface area contributed by atoms with E-state index in [0.717, 1.165) is 43.9 Å². The monoisotopic (exact) mass is 467 g/mol. The van der Waals surface area contributed by atoms with E-state index in [9.17, 15) is 14.0 Å². The van der Waals surface area contributed by atoms with Crippen LogP contribution in [0.2, 0.25) is 0 Å². The van der Waals surface area contributed by atoms with Gasteiger partial charge < -0.3 is 9.64 Å². The maximum atomic E-state index is 13.4. The number of rotatable bonds is 6. The summed E-state index contributed by atoms with van der Waals surface area (Å²) < 4.78 is 18.2. The van der Waals surface area contributed by atoms with E-state index in [1.165, 1.54) is 7.11 Å². The van der Waals surface area contributed by atoms with Crippen LogP contribution in [0.15, 0.2) is 48.5 Å². The molecular weight excluding hydrogens is 433 g/mol. The second-order valence-corrected chi connectivity index (χ2v) is 9.61. The highest BCUT2D eigenvalue weighted by Gasteiger charge is 2.33. The second-order valence-electron chi connectivity index (χ2n) is 9.61. The van der Waals surface area contributed by atoms with Crippen LogP contribution >= 0.6 is 0 Å². The first kappa shape index (κ1) is 24.4. The SMILES string of the molecule is COC(=O)c1ccc(CN2C[C@@H](C)N(C(=O)c3ccc(CN4CC[C@@H](F)C4)cc3)[C@@H](C)C2)cc1. The predicted octanol–water partition coefficient (Wildman–Crippen LogP) is 3.75. The van der Waals surface area contributed by atoms with Crippen molar-refractivity contribution < 1.29 is 18.7 Å². The van der Waals surface area contributed by atoms with Gasteiger partial charge in [0.15, 0.2) is 0 Å². The lowest BCUT2D eigenvalue weighted by Crippen LogP contribution is -2.58. The van der Waals surface area contributed by atoms with Gasteiger partial charge >= 0.3 is 5.97 Å². The van der Waals surface area contributed by atoms with Crippen LogP contribution in [0.3, 0.4) is 0 Å². The Kier molecular flexibility index (Phi) is 7.63. The summed E-state index contributed by atoms with van der Waals surface area (Å²) in [5.74, 6) is -0.281. The highest BCUT2D eigenvalue weighted by molar-refractivity contribution is 5.94. The van der Waals surface area contributed by atoms with Gasteiger partial charge in [0.05, 0.1) is 12.7 Å². The van der Waals surface area contributed by atoms with Crippen LogP contribution in [0.4, 0.5) is 4.39 Å². The standard InChI is InChI=1S/C27H34FN3O3/c1-19-14-30(17-22-6-10-24(11-7-22)27(33)34-3)15-20(2)31(19)26(32)23-8-4-21(5-9-23)16-29-13-12-25(28)18-29/h4-11,19-20,25H,12-18H2,1-3H3/t19-,20+,25-/m1/s1. The molecule has 2 aromatic rings. The minimum Gasteiger partial charge on any atom is -0.465 e. The number of esters is 1. The quantitative estimate of drug-likeness (QED) is 0.606. The number of ether oxygens (including phenoxy) is 1. The van der Waals surface area contributed by atoms with E-state index >= 15 is 0 Å². The van der Waals surface area contributed by atoms with Crippen LogP contribution in [0.1, 0.15) is 52.1 Å². The average molecular weight is 468 g/mol. The highest BCUT2D eigenvalue weighted by Crippen LogP contribution is 2.22. The van der Waals surface area contributed by atoms with Crippen molar-refractivity contribution >= 4 is 11.9 Å². The van der Waals surface area contributed by atoms with Gasteiger partial charge in [-0.1, -0.05) is 24.3 Å². The Morgan fingerprint density at radius 2 is 1.38 bits per heavy atom. The highest BCUT2D eigenvalue weighted by atomic mass is 19.1. The normalized spacial score (nSPS) is 23.8. The summed E-state index contributed by atoms with van der Waals surface area (Å²) in [6.45, 7) is 8.53. The summed E-state index contributed by atoms with van der Waals surface area (Å²) in [6.07, 6.45) is -0.112. The molecule has 2 aliphatic rings. The van der Waals surface area contributed by atoms with Crippen molar-refractivity contribution in [1.82, 2.24) is 14.7 Å². The van der Waals surface area contributed by atoms with Crippen LogP contribution in [-0.4, -0.2) is 78.1 Å². The van der Waals surface area contributed by atoms with Crippen molar-refractivity contribution in [3.8, 4) is 0 Å². The van der Waals surface area contributed by atoms with E-state index in [4.69, 9.17) is 4.74 Å². The van der Waals surface area contributed by atoms with Gasteiger partial charge in [0, 0.05) is 56.9 Å². The van der Waals surface area contributed by atoms with E-state index < -0.39 is 6.17 Å². The van der Waals surface area contributed by atoms with Crippen LogP contribution in [0, 0.1) is 0 Å². The van der Waals surface area contributed by atoms with E-state index in [1.54, 1.807) is 12.1 Å². The molecule has 0 bridgehead atoms. The van der Waals surface area contributed by atoms with Gasteiger partial charge in [-0.15, -0.1) is 0 Å². The van der Waals surface area contributed by atoms with E-state index in [2.05, 4.69) is 23.6 Å². The Hall–Kier alpha value is -2.77. The molecular formula is C27H34FN3O3. The number of carbonyl (C=O) groups is 2. The van der Waals surface area contributed by atoms with Crippen molar-refractivity contribution in [2.45, 2.75) is 51.6 Å². The lowest BCUT2D eigenvalue weighted by molar-refractivity contribution is 0.0268. The summed E-state index contributed by atoms with van der Waals surface area (Å²) in [5, 5.41) is 0. The molecule has 2 aromatic carbocycles. The third kappa shape index (κ3) is 5.65. The van der Waals surface area contributed by atoms with Crippen molar-refractivity contribution in [2.75, 3.05) is 33.3 Å². The molecule has 2 aliphatic heterocycles. The molecule has 7 heteroatoms. The number of methoxy groups -OCH3 is 1. The molecule has 0 unspecified atom stereocenters. The molecule has 6 nitrogen and oxygen atoms in total. The van der Waals surface area contributed by atoms with Crippen LogP contribution in [0.25, 0.3) is 0 Å². The van der Waals surface area contributed by atoms with E-state index in [-0.39, 0.29) is 24.0 Å². The van der Waals surface area contributed by atoms with Crippen LogP contribution in [0.5, 0.6) is 0 Å². The molecule has 4 rings (SSSR count). The molecule has 0 aliphatic carbocycles. The zero-order valence-corrected chi connectivity index (χ0v) is 20.2. The van der Waals surface area contributed by atoms with E-state index in [1.807, 2.05) is 41.3 Å². The average Bonchev–Trinajstić information content (AvgIpc) is 3.23. The molecule has 1 amide bonds. The molecule has 0 aromatic heterocycles. The number of nitrogens with zero attached hydrogens (tertiary/aromatic N) is 3. The second kappa shape index (κ2) is 10.7. The Labute approximate surface area is 201 Å². The Morgan fingerprint density at radius 3 is 1.88 bits per heavy atom. The fraction of sp³-hybridized carbons (Fsp3) is 0.481. The fourth-order valence-electron chi connectivity index (χ4n) is 5.17. The third-order valence-electron chi connectivity index (χ3n) is 6.83. The number of carbonyl (C=O) groups excluding carboxylic acids is 2. The lowest BCUT2D eigenvalue weighted by atomic mass is 10.0. The molecule has 0 saturated carbocycles. The molecule has 2 fully saturated rings. The number of likely N-dealkylation sites (tertiary alicyclic amines) is 1. The van der Waals surface area contributed by atoms with Crippen LogP contribution in [-0.2, 0) is 17.8 Å². The molecule has 2 heterocycles. The van der Waals surface area contributed by atoms with Crippen molar-refractivity contribution in [3.63, 3.8) is 0 Å². The molecule has 0 spiro atoms. The van der Waals surface area contributed by atoms with Gasteiger partial charge in [-0.2, -0.15) is 0 Å². The summed E-state index contributed by atoms with van der Waals surface area (Å²) in [7, 11) is 1.38. The smallest absolute Gasteiger partial charge is 0.337 e. The molecule has 182 valence electrons. The maximum absolute atomic E-state index is 13.4. The maximum Gasteiger partial charge on any atom is 0.337 e. The minimum atomic E-state index is -0.721. The van der Waals surface area contributed by atoms with Gasteiger partial charge in [-0.3, -0.25) is 14.6 Å². The van der Waals surface area contributed by atoms with E-state index in [0.29, 0.717) is 24.1 Å². The number of hydrogen-bond acceptors (Lipinski definition) is 5. The van der Waals surface area contributed by atoms with Gasteiger partial charge in [-0.05, 0) is 55.7 Å². The van der Waals surface area contributed by atoms with Crippen molar-refractivity contribution in [2.24, 2.45) is 0 Å². The molecule has 3 atom stereocenters. The van der Waals surface area contributed by atoms with Crippen molar-refractivity contribution in [1.29, 1.82) is 0 Å². The van der Waals surface area contributed by atoms with Gasteiger partial charge in [0.2, 0.25) is 0 Å². The first-order valence-corrected chi connectivity index (χ1v) is 12.0. The van der Waals surface area contributed by atoms with Gasteiger partial charge in [0.1, 0.15) is 6.17 Å². The zero-order chi connectivity index (χ0) is 24.2. The minimum absolute atomic E-state index is 0.0543. The van der Waals surface area contributed by atoms with Gasteiger partial charge in [-0.25, -0.2) is 9.18 Å². The molecule has 0 N–H and O–H groups in total. The van der Waals surface area contributed by atoms with Crippen molar-refractivity contribution in [3.05, 3.63) is 70.8 Å². The lowest BCUT2D eigenvalue weighted by Gasteiger charge is -2.44. The Balaban J connectivity index is 1.34. The molecule has 2 saturated heterocycles. The number of amides is 1. The summed E-state index contributed by atoms with van der Waals surface area (Å²) >= 11 is 0. The first-order valence-electron chi connectivity index (χ1n) is 12.0. The number of benzene rings is 2.